The van der Waals surface area contributed by atoms with Gasteiger partial charge in [0.1, 0.15) is 5.82 Å². The first-order chi connectivity index (χ1) is 12.0. The summed E-state index contributed by atoms with van der Waals surface area (Å²) in [5.74, 6) is 2.76. The predicted molar refractivity (Wildman–Crippen MR) is 98.5 cm³/mol. The SMILES string of the molecule is C#Cc1cccc(NC(=O)CN(C)c2ccc(C(=O)NCC)cn2)c1. The molecule has 0 radical (unpaired) electrons. The van der Waals surface area contributed by atoms with Gasteiger partial charge in [-0.1, -0.05) is 12.0 Å². The van der Waals surface area contributed by atoms with Gasteiger partial charge in [-0.25, -0.2) is 4.98 Å². The van der Waals surface area contributed by atoms with E-state index in [0.29, 0.717) is 29.2 Å². The molecule has 0 fully saturated rings. The largest absolute Gasteiger partial charge is 0.352 e. The van der Waals surface area contributed by atoms with E-state index in [1.807, 2.05) is 6.92 Å². The lowest BCUT2D eigenvalue weighted by Gasteiger charge is -2.18. The van der Waals surface area contributed by atoms with Crippen LogP contribution >= 0.6 is 0 Å². The van der Waals surface area contributed by atoms with Gasteiger partial charge in [0.05, 0.1) is 12.1 Å². The zero-order chi connectivity index (χ0) is 18.2. The topological polar surface area (TPSA) is 74.3 Å². The first kappa shape index (κ1) is 18.0. The van der Waals surface area contributed by atoms with Gasteiger partial charge in [-0.15, -0.1) is 6.42 Å². The fourth-order valence-electron chi connectivity index (χ4n) is 2.19. The van der Waals surface area contributed by atoms with Crippen LogP contribution < -0.4 is 15.5 Å². The Balaban J connectivity index is 1.96. The Kier molecular flexibility index (Phi) is 6.13. The minimum absolute atomic E-state index is 0.119. The summed E-state index contributed by atoms with van der Waals surface area (Å²) in [7, 11) is 1.76. The van der Waals surface area contributed by atoms with E-state index in [2.05, 4.69) is 21.5 Å². The fourth-order valence-corrected chi connectivity index (χ4v) is 2.19. The molecule has 6 nitrogen and oxygen atoms in total. The Morgan fingerprint density at radius 3 is 2.72 bits per heavy atom. The van der Waals surface area contributed by atoms with Crippen molar-refractivity contribution in [2.45, 2.75) is 6.92 Å². The zero-order valence-corrected chi connectivity index (χ0v) is 14.2. The number of aromatic nitrogens is 1. The standard InChI is InChI=1S/C19H20N4O2/c1-4-14-7-6-8-16(11-14)22-18(24)13-23(3)17-10-9-15(12-21-17)19(25)20-5-2/h1,6-12H,5,13H2,2-3H3,(H,20,25)(H,22,24). The molecule has 2 N–H and O–H groups in total. The second-order valence-electron chi connectivity index (χ2n) is 5.39. The van der Waals surface area contributed by atoms with Crippen molar-refractivity contribution in [2.24, 2.45) is 0 Å². The molecule has 1 heterocycles. The van der Waals surface area contributed by atoms with Crippen LogP contribution in [0.3, 0.4) is 0 Å². The summed E-state index contributed by atoms with van der Waals surface area (Å²) in [6.45, 7) is 2.53. The number of likely N-dealkylation sites (N-methyl/N-ethyl adjacent to an activating group) is 1. The highest BCUT2D eigenvalue weighted by Crippen LogP contribution is 2.12. The van der Waals surface area contributed by atoms with Crippen LogP contribution in [0.2, 0.25) is 0 Å². The fraction of sp³-hybridized carbons (Fsp3) is 0.211. The summed E-state index contributed by atoms with van der Waals surface area (Å²) in [6, 6.07) is 10.5. The number of carbonyl (C=O) groups excluding carboxylic acids is 2. The van der Waals surface area contributed by atoms with E-state index >= 15 is 0 Å². The highest BCUT2D eigenvalue weighted by atomic mass is 16.2. The highest BCUT2D eigenvalue weighted by molar-refractivity contribution is 5.95. The third-order valence-electron chi connectivity index (χ3n) is 3.43. The molecule has 2 aromatic rings. The molecule has 0 bridgehead atoms. The van der Waals surface area contributed by atoms with Crippen molar-refractivity contribution in [1.82, 2.24) is 10.3 Å². The first-order valence-corrected chi connectivity index (χ1v) is 7.85. The third-order valence-corrected chi connectivity index (χ3v) is 3.43. The van der Waals surface area contributed by atoms with Gasteiger partial charge in [-0.3, -0.25) is 9.59 Å². The lowest BCUT2D eigenvalue weighted by molar-refractivity contribution is -0.114. The molecule has 1 aromatic heterocycles. The third kappa shape index (κ3) is 5.08. The second-order valence-corrected chi connectivity index (χ2v) is 5.39. The second kappa shape index (κ2) is 8.50. The molecule has 0 saturated heterocycles. The molecule has 0 aliphatic heterocycles. The predicted octanol–water partition coefficient (Wildman–Crippen LogP) is 1.89. The molecular formula is C19H20N4O2. The summed E-state index contributed by atoms with van der Waals surface area (Å²) in [5.41, 5.74) is 1.83. The molecule has 0 atom stereocenters. The quantitative estimate of drug-likeness (QED) is 0.790. The number of benzene rings is 1. The van der Waals surface area contributed by atoms with E-state index in [4.69, 9.17) is 6.42 Å². The van der Waals surface area contributed by atoms with Crippen LogP contribution in [0.25, 0.3) is 0 Å². The van der Waals surface area contributed by atoms with Crippen molar-refractivity contribution in [3.05, 3.63) is 53.7 Å². The minimum atomic E-state index is -0.189. The Morgan fingerprint density at radius 1 is 1.28 bits per heavy atom. The van der Waals surface area contributed by atoms with Crippen molar-refractivity contribution in [3.8, 4) is 12.3 Å². The summed E-state index contributed by atoms with van der Waals surface area (Å²) < 4.78 is 0. The van der Waals surface area contributed by atoms with Crippen molar-refractivity contribution < 1.29 is 9.59 Å². The number of nitrogens with zero attached hydrogens (tertiary/aromatic N) is 2. The molecule has 0 saturated carbocycles. The monoisotopic (exact) mass is 336 g/mol. The maximum Gasteiger partial charge on any atom is 0.252 e. The van der Waals surface area contributed by atoms with Crippen LogP contribution in [0.5, 0.6) is 0 Å². The van der Waals surface area contributed by atoms with Gasteiger partial charge >= 0.3 is 0 Å². The number of hydrogen-bond donors (Lipinski definition) is 2. The van der Waals surface area contributed by atoms with Crippen molar-refractivity contribution in [3.63, 3.8) is 0 Å². The van der Waals surface area contributed by atoms with Gasteiger partial charge in [0.25, 0.3) is 5.91 Å². The molecule has 128 valence electrons. The van der Waals surface area contributed by atoms with Crippen LogP contribution in [-0.4, -0.2) is 36.9 Å². The number of terminal acetylenes is 1. The van der Waals surface area contributed by atoms with Crippen LogP contribution in [0, 0.1) is 12.3 Å². The molecule has 2 amide bonds. The van der Waals surface area contributed by atoms with Crippen LogP contribution in [0.1, 0.15) is 22.8 Å². The molecule has 1 aromatic carbocycles. The molecular weight excluding hydrogens is 316 g/mol. The van der Waals surface area contributed by atoms with E-state index in [-0.39, 0.29) is 18.4 Å². The van der Waals surface area contributed by atoms with Crippen LogP contribution in [0.4, 0.5) is 11.5 Å². The van der Waals surface area contributed by atoms with Gasteiger partial charge in [0.2, 0.25) is 5.91 Å². The van der Waals surface area contributed by atoms with E-state index in [0.717, 1.165) is 0 Å². The average Bonchev–Trinajstić information content (AvgIpc) is 2.62. The van der Waals surface area contributed by atoms with Gasteiger partial charge in [0, 0.05) is 31.0 Å². The van der Waals surface area contributed by atoms with E-state index in [1.165, 1.54) is 6.20 Å². The van der Waals surface area contributed by atoms with Crippen LogP contribution in [0.15, 0.2) is 42.6 Å². The molecule has 0 aliphatic rings. The van der Waals surface area contributed by atoms with Crippen molar-refractivity contribution >= 4 is 23.3 Å². The lowest BCUT2D eigenvalue weighted by atomic mass is 10.2. The average molecular weight is 336 g/mol. The Morgan fingerprint density at radius 2 is 2.08 bits per heavy atom. The Hall–Kier alpha value is -3.33. The first-order valence-electron chi connectivity index (χ1n) is 7.85. The molecule has 25 heavy (non-hydrogen) atoms. The summed E-state index contributed by atoms with van der Waals surface area (Å²) in [6.07, 6.45) is 6.84. The van der Waals surface area contributed by atoms with E-state index in [9.17, 15) is 9.59 Å². The van der Waals surface area contributed by atoms with Gasteiger partial charge in [0.15, 0.2) is 0 Å². The van der Waals surface area contributed by atoms with Crippen molar-refractivity contribution in [1.29, 1.82) is 0 Å². The van der Waals surface area contributed by atoms with Crippen LogP contribution in [-0.2, 0) is 4.79 Å². The Bertz CT molecular complexity index is 794. The summed E-state index contributed by atoms with van der Waals surface area (Å²) >= 11 is 0. The smallest absolute Gasteiger partial charge is 0.252 e. The zero-order valence-electron chi connectivity index (χ0n) is 14.2. The number of amides is 2. The van der Waals surface area contributed by atoms with Crippen molar-refractivity contribution in [2.75, 3.05) is 30.4 Å². The maximum absolute atomic E-state index is 12.2. The van der Waals surface area contributed by atoms with E-state index in [1.54, 1.807) is 48.3 Å². The number of carbonyl (C=O) groups is 2. The number of nitrogens with one attached hydrogen (secondary N) is 2. The molecule has 0 unspecified atom stereocenters. The number of pyridine rings is 1. The normalized spacial score (nSPS) is 9.80. The van der Waals surface area contributed by atoms with Gasteiger partial charge in [-0.2, -0.15) is 0 Å². The summed E-state index contributed by atoms with van der Waals surface area (Å²) in [4.78, 5) is 29.8. The molecule has 0 spiro atoms. The highest BCUT2D eigenvalue weighted by Gasteiger charge is 2.11. The molecule has 6 heteroatoms. The number of hydrogen-bond acceptors (Lipinski definition) is 4. The lowest BCUT2D eigenvalue weighted by Crippen LogP contribution is -2.30. The Labute approximate surface area is 147 Å². The van der Waals surface area contributed by atoms with E-state index < -0.39 is 0 Å². The van der Waals surface area contributed by atoms with Gasteiger partial charge in [-0.05, 0) is 37.3 Å². The summed E-state index contributed by atoms with van der Waals surface area (Å²) in [5, 5.41) is 5.50. The maximum atomic E-state index is 12.2. The minimum Gasteiger partial charge on any atom is -0.352 e. The molecule has 2 rings (SSSR count). The van der Waals surface area contributed by atoms with Gasteiger partial charge < -0.3 is 15.5 Å². The number of anilines is 2. The molecule has 0 aliphatic carbocycles. The number of rotatable bonds is 6.